The molecule has 2 aromatic rings. The number of carbonyl (C=O) groups excluding carboxylic acids is 1. The SMILES string of the molecule is O=C(NC1CN2CC[C@H]1C2)c1ccc2c(Cl)coc2c1. The van der Waals surface area contributed by atoms with Gasteiger partial charge in [0.15, 0.2) is 0 Å². The first kappa shape index (κ1) is 12.2. The lowest BCUT2D eigenvalue weighted by molar-refractivity contribution is 0.0924. The minimum atomic E-state index is -0.0295. The summed E-state index contributed by atoms with van der Waals surface area (Å²) < 4.78 is 5.34. The number of piperidine rings is 1. The van der Waals surface area contributed by atoms with E-state index in [0.29, 0.717) is 22.1 Å². The molecule has 1 aromatic carbocycles. The van der Waals surface area contributed by atoms with Gasteiger partial charge in [0, 0.05) is 30.1 Å². The van der Waals surface area contributed by atoms with Crippen LogP contribution in [0, 0.1) is 5.92 Å². The smallest absolute Gasteiger partial charge is 0.251 e. The lowest BCUT2D eigenvalue weighted by Crippen LogP contribution is -2.43. The van der Waals surface area contributed by atoms with E-state index in [1.165, 1.54) is 19.2 Å². The molecule has 4 nitrogen and oxygen atoms in total. The maximum Gasteiger partial charge on any atom is 0.251 e. The lowest BCUT2D eigenvalue weighted by Gasteiger charge is -2.23. The summed E-state index contributed by atoms with van der Waals surface area (Å²) in [5, 5.41) is 4.56. The topological polar surface area (TPSA) is 45.5 Å². The molecule has 2 bridgehead atoms. The van der Waals surface area contributed by atoms with Gasteiger partial charge in [0.05, 0.1) is 5.02 Å². The molecule has 0 radical (unpaired) electrons. The van der Waals surface area contributed by atoms with Gasteiger partial charge in [-0.25, -0.2) is 0 Å². The van der Waals surface area contributed by atoms with E-state index in [1.807, 2.05) is 6.07 Å². The fourth-order valence-corrected chi connectivity index (χ4v) is 3.54. The molecule has 104 valence electrons. The van der Waals surface area contributed by atoms with Gasteiger partial charge in [0.1, 0.15) is 11.8 Å². The van der Waals surface area contributed by atoms with Gasteiger partial charge in [0.2, 0.25) is 0 Å². The molecule has 3 atom stereocenters. The average molecular weight is 291 g/mol. The molecule has 0 saturated carbocycles. The van der Waals surface area contributed by atoms with Gasteiger partial charge in [-0.1, -0.05) is 11.6 Å². The third-order valence-corrected chi connectivity index (χ3v) is 4.73. The van der Waals surface area contributed by atoms with Crippen molar-refractivity contribution in [2.45, 2.75) is 12.5 Å². The number of nitrogens with one attached hydrogen (secondary N) is 1. The van der Waals surface area contributed by atoms with E-state index in [0.717, 1.165) is 18.5 Å². The highest BCUT2D eigenvalue weighted by molar-refractivity contribution is 6.35. The molecule has 1 aromatic heterocycles. The van der Waals surface area contributed by atoms with E-state index in [4.69, 9.17) is 16.0 Å². The number of benzene rings is 1. The maximum atomic E-state index is 12.3. The predicted octanol–water partition coefficient (Wildman–Crippen LogP) is 2.52. The van der Waals surface area contributed by atoms with Crippen molar-refractivity contribution in [3.63, 3.8) is 0 Å². The van der Waals surface area contributed by atoms with E-state index in [1.54, 1.807) is 12.1 Å². The van der Waals surface area contributed by atoms with Crippen LogP contribution in [0.4, 0.5) is 0 Å². The second-order valence-corrected chi connectivity index (χ2v) is 6.09. The third-order valence-electron chi connectivity index (χ3n) is 4.44. The predicted molar refractivity (Wildman–Crippen MR) is 77.0 cm³/mol. The number of hydrogen-bond acceptors (Lipinski definition) is 3. The molecule has 1 amide bonds. The van der Waals surface area contributed by atoms with Crippen LogP contribution < -0.4 is 5.32 Å². The Morgan fingerprint density at radius 2 is 2.30 bits per heavy atom. The zero-order valence-electron chi connectivity index (χ0n) is 10.9. The molecule has 2 aliphatic heterocycles. The molecule has 4 rings (SSSR count). The molecule has 2 unspecified atom stereocenters. The Morgan fingerprint density at radius 3 is 3.05 bits per heavy atom. The van der Waals surface area contributed by atoms with Crippen LogP contribution in [-0.2, 0) is 0 Å². The van der Waals surface area contributed by atoms with E-state index in [-0.39, 0.29) is 11.9 Å². The van der Waals surface area contributed by atoms with Crippen molar-refractivity contribution in [1.82, 2.24) is 10.2 Å². The Kier molecular flexibility index (Phi) is 2.75. The number of furan rings is 1. The number of nitrogens with zero attached hydrogens (tertiary/aromatic N) is 1. The van der Waals surface area contributed by atoms with Crippen molar-refractivity contribution in [3.05, 3.63) is 35.0 Å². The summed E-state index contributed by atoms with van der Waals surface area (Å²) in [6.45, 7) is 3.27. The maximum absolute atomic E-state index is 12.3. The minimum Gasteiger partial charge on any atom is -0.463 e. The van der Waals surface area contributed by atoms with Crippen molar-refractivity contribution in [1.29, 1.82) is 0 Å². The summed E-state index contributed by atoms with van der Waals surface area (Å²) in [5.74, 6) is 0.582. The summed E-state index contributed by atoms with van der Waals surface area (Å²) >= 11 is 5.98. The van der Waals surface area contributed by atoms with Crippen molar-refractivity contribution < 1.29 is 9.21 Å². The number of hydrogen-bond donors (Lipinski definition) is 1. The average Bonchev–Trinajstić information content (AvgIpc) is 3.14. The highest BCUT2D eigenvalue weighted by atomic mass is 35.5. The number of carbonyl (C=O) groups is 1. The van der Waals surface area contributed by atoms with Crippen LogP contribution in [0.15, 0.2) is 28.9 Å². The lowest BCUT2D eigenvalue weighted by atomic mass is 9.99. The highest BCUT2D eigenvalue weighted by Gasteiger charge is 2.38. The number of amides is 1. The first-order valence-corrected chi connectivity index (χ1v) is 7.28. The van der Waals surface area contributed by atoms with Crippen molar-refractivity contribution in [3.8, 4) is 0 Å². The Hall–Kier alpha value is -1.52. The summed E-state index contributed by atoms with van der Waals surface area (Å²) in [7, 11) is 0. The third kappa shape index (κ3) is 1.91. The summed E-state index contributed by atoms with van der Waals surface area (Å²) in [5.41, 5.74) is 1.28. The van der Waals surface area contributed by atoms with Gasteiger partial charge in [0.25, 0.3) is 5.91 Å². The Morgan fingerprint density at radius 1 is 1.40 bits per heavy atom. The van der Waals surface area contributed by atoms with Gasteiger partial charge in [-0.05, 0) is 37.1 Å². The normalized spacial score (nSPS) is 28.1. The summed E-state index contributed by atoms with van der Waals surface area (Å²) in [4.78, 5) is 14.7. The van der Waals surface area contributed by atoms with Gasteiger partial charge < -0.3 is 14.6 Å². The fourth-order valence-electron chi connectivity index (χ4n) is 3.34. The molecule has 1 N–H and O–H groups in total. The van der Waals surface area contributed by atoms with E-state index >= 15 is 0 Å². The molecule has 2 aliphatic rings. The first-order chi connectivity index (χ1) is 9.70. The van der Waals surface area contributed by atoms with Crippen molar-refractivity contribution in [2.24, 2.45) is 5.92 Å². The van der Waals surface area contributed by atoms with E-state index < -0.39 is 0 Å². The molecule has 5 heteroatoms. The van der Waals surface area contributed by atoms with Crippen LogP contribution in [0.3, 0.4) is 0 Å². The van der Waals surface area contributed by atoms with Crippen LogP contribution in [0.1, 0.15) is 16.8 Å². The summed E-state index contributed by atoms with van der Waals surface area (Å²) in [6, 6.07) is 5.67. The summed E-state index contributed by atoms with van der Waals surface area (Å²) in [6.07, 6.45) is 2.69. The molecule has 20 heavy (non-hydrogen) atoms. The highest BCUT2D eigenvalue weighted by Crippen LogP contribution is 2.29. The molecular weight excluding hydrogens is 276 g/mol. The zero-order chi connectivity index (χ0) is 13.7. The van der Waals surface area contributed by atoms with Crippen LogP contribution in [0.5, 0.6) is 0 Å². The Bertz CT molecular complexity index is 682. The zero-order valence-corrected chi connectivity index (χ0v) is 11.7. The standard InChI is InChI=1S/C15H15ClN2O2/c16-12-8-20-14-5-9(1-2-11(12)14)15(19)17-13-7-18-4-3-10(13)6-18/h1-2,5,8,10,13H,3-4,6-7H2,(H,17,19)/t10-,13?/m0/s1. The second-order valence-electron chi connectivity index (χ2n) is 5.68. The molecule has 3 heterocycles. The molecule has 0 spiro atoms. The van der Waals surface area contributed by atoms with Crippen LogP contribution in [0.2, 0.25) is 5.02 Å². The largest absolute Gasteiger partial charge is 0.463 e. The Balaban J connectivity index is 1.54. The monoisotopic (exact) mass is 290 g/mol. The van der Waals surface area contributed by atoms with Gasteiger partial charge >= 0.3 is 0 Å². The van der Waals surface area contributed by atoms with Crippen LogP contribution in [-0.4, -0.2) is 36.5 Å². The van der Waals surface area contributed by atoms with Crippen molar-refractivity contribution in [2.75, 3.05) is 19.6 Å². The molecule has 2 saturated heterocycles. The van der Waals surface area contributed by atoms with Crippen LogP contribution >= 0.6 is 11.6 Å². The molecule has 0 aliphatic carbocycles. The van der Waals surface area contributed by atoms with Crippen molar-refractivity contribution >= 4 is 28.5 Å². The number of halogens is 1. The van der Waals surface area contributed by atoms with Gasteiger partial charge in [-0.3, -0.25) is 4.79 Å². The van der Waals surface area contributed by atoms with E-state index in [2.05, 4.69) is 10.2 Å². The quantitative estimate of drug-likeness (QED) is 0.924. The number of rotatable bonds is 2. The van der Waals surface area contributed by atoms with Gasteiger partial charge in [-0.15, -0.1) is 0 Å². The molecular formula is C15H15ClN2O2. The van der Waals surface area contributed by atoms with E-state index in [9.17, 15) is 4.79 Å². The fraction of sp³-hybridized carbons (Fsp3) is 0.400. The first-order valence-electron chi connectivity index (χ1n) is 6.91. The van der Waals surface area contributed by atoms with Gasteiger partial charge in [-0.2, -0.15) is 0 Å². The Labute approximate surface area is 121 Å². The molecule has 2 fully saturated rings. The van der Waals surface area contributed by atoms with Crippen LogP contribution in [0.25, 0.3) is 11.0 Å². The number of fused-ring (bicyclic) bond motifs is 3. The minimum absolute atomic E-state index is 0.0295. The second kappa shape index (κ2) is 4.50.